The molecule has 0 aromatic heterocycles. The minimum atomic E-state index is 0.238. The molecule has 2 unspecified atom stereocenters. The minimum Gasteiger partial charge on any atom is -0.378 e. The Labute approximate surface area is 114 Å². The van der Waals surface area contributed by atoms with Crippen LogP contribution in [-0.2, 0) is 4.74 Å². The fraction of sp³-hybridized carbons (Fsp3) is 1.00. The standard InChI is InChI=1S/C16H33NO/c1-13(2)14(12-17-16(3,4)5)8-6-9-15-10-7-11-18-15/h13-15,17H,6-12H2,1-5H3. The summed E-state index contributed by atoms with van der Waals surface area (Å²) in [7, 11) is 0. The highest BCUT2D eigenvalue weighted by atomic mass is 16.5. The van der Waals surface area contributed by atoms with E-state index >= 15 is 0 Å². The minimum absolute atomic E-state index is 0.238. The highest BCUT2D eigenvalue weighted by Crippen LogP contribution is 2.22. The predicted molar refractivity (Wildman–Crippen MR) is 78.9 cm³/mol. The van der Waals surface area contributed by atoms with Gasteiger partial charge in [0.05, 0.1) is 6.10 Å². The van der Waals surface area contributed by atoms with Crippen molar-refractivity contribution in [1.82, 2.24) is 5.32 Å². The summed E-state index contributed by atoms with van der Waals surface area (Å²) in [6.45, 7) is 13.6. The van der Waals surface area contributed by atoms with E-state index in [2.05, 4.69) is 39.9 Å². The molecule has 0 amide bonds. The van der Waals surface area contributed by atoms with Gasteiger partial charge in [0.1, 0.15) is 0 Å². The molecule has 2 nitrogen and oxygen atoms in total. The quantitative estimate of drug-likeness (QED) is 0.742. The van der Waals surface area contributed by atoms with Crippen molar-refractivity contribution in [3.05, 3.63) is 0 Å². The van der Waals surface area contributed by atoms with E-state index in [-0.39, 0.29) is 5.54 Å². The topological polar surface area (TPSA) is 21.3 Å². The predicted octanol–water partition coefficient (Wildman–Crippen LogP) is 4.00. The Kier molecular flexibility index (Phi) is 6.65. The Morgan fingerprint density at radius 3 is 2.50 bits per heavy atom. The van der Waals surface area contributed by atoms with Gasteiger partial charge in [0.2, 0.25) is 0 Å². The molecule has 1 aliphatic heterocycles. The lowest BCUT2D eigenvalue weighted by Gasteiger charge is -2.27. The van der Waals surface area contributed by atoms with Crippen LogP contribution in [0.1, 0.15) is 66.7 Å². The van der Waals surface area contributed by atoms with Crippen molar-refractivity contribution in [2.45, 2.75) is 78.4 Å². The van der Waals surface area contributed by atoms with E-state index in [0.717, 1.165) is 25.0 Å². The van der Waals surface area contributed by atoms with Crippen molar-refractivity contribution in [2.24, 2.45) is 11.8 Å². The molecule has 108 valence electrons. The molecule has 2 heteroatoms. The first-order valence-electron chi connectivity index (χ1n) is 7.75. The van der Waals surface area contributed by atoms with Crippen LogP contribution in [0.3, 0.4) is 0 Å². The molecule has 0 bridgehead atoms. The summed E-state index contributed by atoms with van der Waals surface area (Å²) >= 11 is 0. The van der Waals surface area contributed by atoms with Crippen LogP contribution in [0.2, 0.25) is 0 Å². The maximum atomic E-state index is 5.69. The van der Waals surface area contributed by atoms with Crippen LogP contribution in [0.5, 0.6) is 0 Å². The lowest BCUT2D eigenvalue weighted by atomic mass is 9.89. The molecular weight excluding hydrogens is 222 g/mol. The van der Waals surface area contributed by atoms with Crippen LogP contribution in [0, 0.1) is 11.8 Å². The van der Waals surface area contributed by atoms with Crippen molar-refractivity contribution in [3.63, 3.8) is 0 Å². The van der Waals surface area contributed by atoms with Gasteiger partial charge in [0, 0.05) is 12.1 Å². The van der Waals surface area contributed by atoms with Crippen molar-refractivity contribution in [3.8, 4) is 0 Å². The molecule has 1 saturated heterocycles. The fourth-order valence-corrected chi connectivity index (χ4v) is 2.59. The smallest absolute Gasteiger partial charge is 0.0576 e. The van der Waals surface area contributed by atoms with Gasteiger partial charge in [-0.05, 0) is 64.8 Å². The SMILES string of the molecule is CC(C)C(CCCC1CCCO1)CNC(C)(C)C. The fourth-order valence-electron chi connectivity index (χ4n) is 2.59. The van der Waals surface area contributed by atoms with Crippen LogP contribution < -0.4 is 5.32 Å². The molecule has 1 N–H and O–H groups in total. The number of nitrogens with one attached hydrogen (secondary N) is 1. The lowest BCUT2D eigenvalue weighted by Crippen LogP contribution is -2.40. The first-order valence-corrected chi connectivity index (χ1v) is 7.75. The summed E-state index contributed by atoms with van der Waals surface area (Å²) in [6, 6.07) is 0. The molecule has 18 heavy (non-hydrogen) atoms. The van der Waals surface area contributed by atoms with Gasteiger partial charge in [0.25, 0.3) is 0 Å². The molecular formula is C16H33NO. The van der Waals surface area contributed by atoms with Crippen molar-refractivity contribution < 1.29 is 4.74 Å². The number of hydrogen-bond acceptors (Lipinski definition) is 2. The highest BCUT2D eigenvalue weighted by molar-refractivity contribution is 4.75. The Morgan fingerprint density at radius 1 is 1.28 bits per heavy atom. The summed E-state index contributed by atoms with van der Waals surface area (Å²) < 4.78 is 5.69. The first kappa shape index (κ1) is 16.0. The Morgan fingerprint density at radius 2 is 2.00 bits per heavy atom. The summed E-state index contributed by atoms with van der Waals surface area (Å²) in [5.41, 5.74) is 0.238. The lowest BCUT2D eigenvalue weighted by molar-refractivity contribution is 0.0996. The van der Waals surface area contributed by atoms with Crippen LogP contribution in [0.25, 0.3) is 0 Å². The zero-order valence-corrected chi connectivity index (χ0v) is 13.1. The summed E-state index contributed by atoms with van der Waals surface area (Å²) in [4.78, 5) is 0. The second-order valence-corrected chi connectivity index (χ2v) is 7.20. The van der Waals surface area contributed by atoms with E-state index in [0.29, 0.717) is 6.10 Å². The monoisotopic (exact) mass is 255 g/mol. The molecule has 0 aromatic carbocycles. The molecule has 1 aliphatic rings. The van der Waals surface area contributed by atoms with Gasteiger partial charge in [-0.15, -0.1) is 0 Å². The van der Waals surface area contributed by atoms with Crippen molar-refractivity contribution in [2.75, 3.05) is 13.2 Å². The summed E-state index contributed by atoms with van der Waals surface area (Å²) in [6.07, 6.45) is 7.03. The maximum absolute atomic E-state index is 5.69. The van der Waals surface area contributed by atoms with E-state index in [4.69, 9.17) is 4.74 Å². The van der Waals surface area contributed by atoms with E-state index in [1.54, 1.807) is 0 Å². The maximum Gasteiger partial charge on any atom is 0.0576 e. The van der Waals surface area contributed by atoms with Crippen molar-refractivity contribution in [1.29, 1.82) is 0 Å². The molecule has 1 fully saturated rings. The third-order valence-corrected chi connectivity index (χ3v) is 3.96. The van der Waals surface area contributed by atoms with Crippen LogP contribution in [-0.4, -0.2) is 24.8 Å². The van der Waals surface area contributed by atoms with Gasteiger partial charge in [-0.25, -0.2) is 0 Å². The van der Waals surface area contributed by atoms with Gasteiger partial charge >= 0.3 is 0 Å². The first-order chi connectivity index (χ1) is 8.38. The second kappa shape index (κ2) is 7.49. The Hall–Kier alpha value is -0.0800. The van der Waals surface area contributed by atoms with E-state index < -0.39 is 0 Å². The Balaban J connectivity index is 2.20. The van der Waals surface area contributed by atoms with Gasteiger partial charge in [-0.1, -0.05) is 20.3 Å². The molecule has 0 radical (unpaired) electrons. The van der Waals surface area contributed by atoms with E-state index in [1.165, 1.54) is 32.1 Å². The average molecular weight is 255 g/mol. The third kappa shape index (κ3) is 6.75. The third-order valence-electron chi connectivity index (χ3n) is 3.96. The summed E-state index contributed by atoms with van der Waals surface area (Å²) in [5, 5.41) is 3.65. The molecule has 2 atom stereocenters. The van der Waals surface area contributed by atoms with Gasteiger partial charge in [-0.3, -0.25) is 0 Å². The zero-order chi connectivity index (χ0) is 13.6. The van der Waals surface area contributed by atoms with Gasteiger partial charge in [-0.2, -0.15) is 0 Å². The van der Waals surface area contributed by atoms with E-state index in [9.17, 15) is 0 Å². The molecule has 0 saturated carbocycles. The molecule has 0 aromatic rings. The number of ether oxygens (including phenoxy) is 1. The molecule has 0 spiro atoms. The second-order valence-electron chi connectivity index (χ2n) is 7.20. The molecule has 1 heterocycles. The largest absolute Gasteiger partial charge is 0.378 e. The molecule has 1 rings (SSSR count). The van der Waals surface area contributed by atoms with Crippen molar-refractivity contribution >= 4 is 0 Å². The summed E-state index contributed by atoms with van der Waals surface area (Å²) in [5.74, 6) is 1.56. The zero-order valence-electron chi connectivity index (χ0n) is 13.1. The van der Waals surface area contributed by atoms with Gasteiger partial charge in [0.15, 0.2) is 0 Å². The van der Waals surface area contributed by atoms with Crippen LogP contribution in [0.15, 0.2) is 0 Å². The van der Waals surface area contributed by atoms with Crippen LogP contribution >= 0.6 is 0 Å². The number of rotatable bonds is 7. The van der Waals surface area contributed by atoms with Gasteiger partial charge < -0.3 is 10.1 Å². The average Bonchev–Trinajstić information content (AvgIpc) is 2.73. The highest BCUT2D eigenvalue weighted by Gasteiger charge is 2.19. The molecule has 0 aliphatic carbocycles. The Bertz CT molecular complexity index is 214. The van der Waals surface area contributed by atoms with Crippen LogP contribution in [0.4, 0.5) is 0 Å². The number of hydrogen-bond donors (Lipinski definition) is 1. The normalized spacial score (nSPS) is 22.7. The van der Waals surface area contributed by atoms with E-state index in [1.807, 2.05) is 0 Å².